The highest BCUT2D eigenvalue weighted by Crippen LogP contribution is 2.24. The third-order valence-electron chi connectivity index (χ3n) is 4.41. The molecule has 0 unspecified atom stereocenters. The molecular formula is C21H28N2O5S. The molecule has 0 bridgehead atoms. The van der Waals surface area contributed by atoms with Gasteiger partial charge in [0.15, 0.2) is 0 Å². The fourth-order valence-electron chi connectivity index (χ4n) is 2.81. The summed E-state index contributed by atoms with van der Waals surface area (Å²) in [7, 11) is -2.22. The van der Waals surface area contributed by atoms with Gasteiger partial charge in [0.2, 0.25) is 0 Å². The number of anilines is 1. The van der Waals surface area contributed by atoms with Crippen molar-refractivity contribution in [1.82, 2.24) is 4.90 Å². The quantitative estimate of drug-likeness (QED) is 0.596. The maximum atomic E-state index is 12.8. The Morgan fingerprint density at radius 3 is 2.41 bits per heavy atom. The minimum absolute atomic E-state index is 0.120. The van der Waals surface area contributed by atoms with Gasteiger partial charge in [-0.3, -0.25) is 9.52 Å². The second kappa shape index (κ2) is 10.3. The van der Waals surface area contributed by atoms with Crippen LogP contribution in [-0.2, 0) is 14.8 Å². The highest BCUT2D eigenvalue weighted by Gasteiger charge is 2.18. The molecule has 2 aromatic carbocycles. The van der Waals surface area contributed by atoms with Gasteiger partial charge in [0.05, 0.1) is 11.5 Å². The number of rotatable bonds is 10. The van der Waals surface area contributed by atoms with Crippen LogP contribution in [-0.4, -0.2) is 52.6 Å². The minimum Gasteiger partial charge on any atom is -0.491 e. The lowest BCUT2D eigenvalue weighted by molar-refractivity contribution is 0.0773. The van der Waals surface area contributed by atoms with E-state index in [0.717, 1.165) is 0 Å². The molecule has 2 aromatic rings. The maximum absolute atomic E-state index is 12.8. The Hall–Kier alpha value is -2.58. The van der Waals surface area contributed by atoms with Crippen LogP contribution in [0.2, 0.25) is 0 Å². The number of ether oxygens (including phenoxy) is 2. The van der Waals surface area contributed by atoms with Gasteiger partial charge in [-0.2, -0.15) is 0 Å². The molecule has 0 radical (unpaired) electrons. The van der Waals surface area contributed by atoms with Crippen LogP contribution in [0.1, 0.15) is 29.8 Å². The highest BCUT2D eigenvalue weighted by atomic mass is 32.2. The van der Waals surface area contributed by atoms with E-state index in [4.69, 9.17) is 9.47 Å². The summed E-state index contributed by atoms with van der Waals surface area (Å²) >= 11 is 0. The lowest BCUT2D eigenvalue weighted by Gasteiger charge is -2.19. The van der Waals surface area contributed by atoms with E-state index in [-0.39, 0.29) is 10.8 Å². The van der Waals surface area contributed by atoms with Crippen LogP contribution in [0.25, 0.3) is 0 Å². The van der Waals surface area contributed by atoms with Crippen molar-refractivity contribution in [3.63, 3.8) is 0 Å². The van der Waals surface area contributed by atoms with Crippen LogP contribution in [0.15, 0.2) is 47.4 Å². The largest absolute Gasteiger partial charge is 0.491 e. The van der Waals surface area contributed by atoms with Gasteiger partial charge in [-0.05, 0) is 62.7 Å². The van der Waals surface area contributed by atoms with Gasteiger partial charge in [-0.15, -0.1) is 0 Å². The topological polar surface area (TPSA) is 84.9 Å². The molecule has 0 aromatic heterocycles. The zero-order valence-electron chi connectivity index (χ0n) is 17.3. The van der Waals surface area contributed by atoms with Crippen molar-refractivity contribution < 1.29 is 22.7 Å². The zero-order valence-corrected chi connectivity index (χ0v) is 18.1. The lowest BCUT2D eigenvalue weighted by atomic mass is 10.2. The van der Waals surface area contributed by atoms with Gasteiger partial charge in [0, 0.05) is 31.5 Å². The summed E-state index contributed by atoms with van der Waals surface area (Å²) in [6, 6.07) is 11.2. The van der Waals surface area contributed by atoms with Crippen LogP contribution in [0.4, 0.5) is 5.69 Å². The molecule has 29 heavy (non-hydrogen) atoms. The number of nitrogens with zero attached hydrogens (tertiary/aromatic N) is 1. The van der Waals surface area contributed by atoms with Gasteiger partial charge in [0.25, 0.3) is 15.9 Å². The van der Waals surface area contributed by atoms with Gasteiger partial charge in [-0.25, -0.2) is 8.42 Å². The number of amides is 1. The molecule has 7 nitrogen and oxygen atoms in total. The number of hydrogen-bond acceptors (Lipinski definition) is 5. The van der Waals surface area contributed by atoms with Gasteiger partial charge in [0.1, 0.15) is 12.4 Å². The molecular weight excluding hydrogens is 392 g/mol. The summed E-state index contributed by atoms with van der Waals surface area (Å²) in [6.45, 7) is 7.59. The molecule has 1 amide bonds. The molecule has 1 N–H and O–H groups in total. The molecule has 2 rings (SSSR count). The highest BCUT2D eigenvalue weighted by molar-refractivity contribution is 7.92. The SMILES string of the molecule is CCN(CC)C(=O)c1cccc(NS(=O)(=O)c2ccc(OCCOC)c(C)c2)c1. The van der Waals surface area contributed by atoms with E-state index in [1.54, 1.807) is 55.3 Å². The summed E-state index contributed by atoms with van der Waals surface area (Å²) in [5, 5.41) is 0. The second-order valence-electron chi connectivity index (χ2n) is 6.43. The third-order valence-corrected chi connectivity index (χ3v) is 5.79. The predicted molar refractivity (Wildman–Crippen MR) is 113 cm³/mol. The Morgan fingerprint density at radius 2 is 1.79 bits per heavy atom. The van der Waals surface area contributed by atoms with E-state index >= 15 is 0 Å². The normalized spacial score (nSPS) is 11.2. The maximum Gasteiger partial charge on any atom is 0.261 e. The summed E-state index contributed by atoms with van der Waals surface area (Å²) < 4.78 is 38.6. The van der Waals surface area contributed by atoms with Crippen molar-refractivity contribution in [1.29, 1.82) is 0 Å². The van der Waals surface area contributed by atoms with Gasteiger partial charge < -0.3 is 14.4 Å². The summed E-state index contributed by atoms with van der Waals surface area (Å²) in [6.07, 6.45) is 0. The van der Waals surface area contributed by atoms with E-state index in [1.807, 2.05) is 13.8 Å². The first kappa shape index (κ1) is 22.7. The smallest absolute Gasteiger partial charge is 0.261 e. The standard InChI is InChI=1S/C21H28N2O5S/c1-5-23(6-2)21(24)17-8-7-9-18(15-17)22-29(25,26)19-10-11-20(16(3)14-19)28-13-12-27-4/h7-11,14-15,22H,5-6,12-13H2,1-4H3. The molecule has 0 heterocycles. The minimum atomic E-state index is -3.81. The first-order valence-electron chi connectivity index (χ1n) is 9.47. The van der Waals surface area contributed by atoms with Crippen LogP contribution in [0.3, 0.4) is 0 Å². The first-order chi connectivity index (χ1) is 13.8. The fourth-order valence-corrected chi connectivity index (χ4v) is 3.94. The zero-order chi connectivity index (χ0) is 21.4. The number of nitrogens with one attached hydrogen (secondary N) is 1. The third kappa shape index (κ3) is 5.95. The number of carbonyl (C=O) groups is 1. The van der Waals surface area contributed by atoms with Crippen molar-refractivity contribution >= 4 is 21.6 Å². The van der Waals surface area contributed by atoms with Crippen molar-refractivity contribution in [2.45, 2.75) is 25.7 Å². The van der Waals surface area contributed by atoms with Crippen molar-refractivity contribution in [3.8, 4) is 5.75 Å². The van der Waals surface area contributed by atoms with Crippen LogP contribution < -0.4 is 9.46 Å². The Morgan fingerprint density at radius 1 is 1.07 bits per heavy atom. The lowest BCUT2D eigenvalue weighted by Crippen LogP contribution is -2.30. The summed E-state index contributed by atoms with van der Waals surface area (Å²) in [5.41, 5.74) is 1.47. The van der Waals surface area contributed by atoms with E-state index in [1.165, 1.54) is 6.07 Å². The molecule has 0 spiro atoms. The molecule has 158 valence electrons. The molecule has 0 aliphatic carbocycles. The van der Waals surface area contributed by atoms with Gasteiger partial charge >= 0.3 is 0 Å². The number of carbonyl (C=O) groups excluding carboxylic acids is 1. The Kier molecular flexibility index (Phi) is 8.04. The number of hydrogen-bond donors (Lipinski definition) is 1. The Bertz CT molecular complexity index is 940. The average molecular weight is 421 g/mol. The number of benzene rings is 2. The van der Waals surface area contributed by atoms with E-state index in [9.17, 15) is 13.2 Å². The summed E-state index contributed by atoms with van der Waals surface area (Å²) in [5.74, 6) is 0.470. The van der Waals surface area contributed by atoms with E-state index < -0.39 is 10.0 Å². The molecule has 0 atom stereocenters. The van der Waals surface area contributed by atoms with E-state index in [2.05, 4.69) is 4.72 Å². The molecule has 0 aliphatic heterocycles. The molecule has 0 saturated heterocycles. The molecule has 0 aliphatic rings. The molecule has 0 fully saturated rings. The van der Waals surface area contributed by atoms with Gasteiger partial charge in [-0.1, -0.05) is 6.07 Å². The molecule has 0 saturated carbocycles. The second-order valence-corrected chi connectivity index (χ2v) is 8.11. The van der Waals surface area contributed by atoms with Crippen LogP contribution in [0, 0.1) is 6.92 Å². The fraction of sp³-hybridized carbons (Fsp3) is 0.381. The van der Waals surface area contributed by atoms with Crippen molar-refractivity contribution in [3.05, 3.63) is 53.6 Å². The molecule has 8 heteroatoms. The number of sulfonamides is 1. The Labute approximate surface area is 172 Å². The number of methoxy groups -OCH3 is 1. The average Bonchev–Trinajstić information content (AvgIpc) is 2.70. The van der Waals surface area contributed by atoms with E-state index in [0.29, 0.717) is 48.9 Å². The Balaban J connectivity index is 2.20. The van der Waals surface area contributed by atoms with Crippen LogP contribution >= 0.6 is 0 Å². The first-order valence-corrected chi connectivity index (χ1v) is 10.9. The number of aryl methyl sites for hydroxylation is 1. The predicted octanol–water partition coefficient (Wildman–Crippen LogP) is 3.30. The van der Waals surface area contributed by atoms with Crippen molar-refractivity contribution in [2.24, 2.45) is 0 Å². The van der Waals surface area contributed by atoms with Crippen molar-refractivity contribution in [2.75, 3.05) is 38.1 Å². The van der Waals surface area contributed by atoms with Crippen LogP contribution in [0.5, 0.6) is 5.75 Å². The monoisotopic (exact) mass is 420 g/mol. The summed E-state index contributed by atoms with van der Waals surface area (Å²) in [4.78, 5) is 14.3.